The lowest BCUT2D eigenvalue weighted by molar-refractivity contribution is 0.586. The molecule has 1 nitrogen and oxygen atoms in total. The van der Waals surface area contributed by atoms with Crippen LogP contribution >= 0.6 is 27.7 Å². The second kappa shape index (κ2) is 7.30. The lowest BCUT2D eigenvalue weighted by Crippen LogP contribution is -2.27. The second-order valence-electron chi connectivity index (χ2n) is 3.68. The molecule has 1 aromatic rings. The van der Waals surface area contributed by atoms with Crippen molar-refractivity contribution in [3.8, 4) is 0 Å². The van der Waals surface area contributed by atoms with Gasteiger partial charge in [0.2, 0.25) is 0 Å². The predicted molar refractivity (Wildman–Crippen MR) is 73.4 cm³/mol. The van der Waals surface area contributed by atoms with Gasteiger partial charge in [-0.25, -0.2) is 4.39 Å². The van der Waals surface area contributed by atoms with E-state index in [9.17, 15) is 4.39 Å². The number of benzene rings is 1. The molecule has 1 unspecified atom stereocenters. The Bertz CT molecular complexity index is 333. The van der Waals surface area contributed by atoms with E-state index in [0.717, 1.165) is 21.5 Å². The molecular formula is C12H17BrFNS. The van der Waals surface area contributed by atoms with Gasteiger partial charge in [-0.3, -0.25) is 0 Å². The standard InChI is InChI=1S/C12H17BrFNS/c1-3-16-8-9(2)15-7-10-6-11(14)4-5-12(10)13/h4-6,9,15H,3,7-8H2,1-2H3. The SMILES string of the molecule is CCSCC(C)NCc1cc(F)ccc1Br. The maximum absolute atomic E-state index is 13.0. The first-order chi connectivity index (χ1) is 7.63. The van der Waals surface area contributed by atoms with E-state index in [1.807, 2.05) is 11.8 Å². The van der Waals surface area contributed by atoms with Gasteiger partial charge in [-0.05, 0) is 36.4 Å². The van der Waals surface area contributed by atoms with E-state index in [1.165, 1.54) is 6.07 Å². The molecule has 0 radical (unpaired) electrons. The van der Waals surface area contributed by atoms with Crippen LogP contribution in [0.4, 0.5) is 4.39 Å². The van der Waals surface area contributed by atoms with E-state index in [1.54, 1.807) is 12.1 Å². The Morgan fingerprint density at radius 3 is 2.94 bits per heavy atom. The van der Waals surface area contributed by atoms with Crippen LogP contribution in [0.1, 0.15) is 19.4 Å². The van der Waals surface area contributed by atoms with Gasteiger partial charge >= 0.3 is 0 Å². The maximum atomic E-state index is 13.0. The van der Waals surface area contributed by atoms with E-state index in [-0.39, 0.29) is 5.82 Å². The third-order valence-electron chi connectivity index (χ3n) is 2.22. The summed E-state index contributed by atoms with van der Waals surface area (Å²) in [7, 11) is 0. The smallest absolute Gasteiger partial charge is 0.123 e. The summed E-state index contributed by atoms with van der Waals surface area (Å²) in [5, 5.41) is 3.38. The Kier molecular flexibility index (Phi) is 6.39. The van der Waals surface area contributed by atoms with Crippen LogP contribution in [0.25, 0.3) is 0 Å². The third-order valence-corrected chi connectivity index (χ3v) is 4.14. The first kappa shape index (κ1) is 14.0. The quantitative estimate of drug-likeness (QED) is 0.857. The highest BCUT2D eigenvalue weighted by molar-refractivity contribution is 9.10. The van der Waals surface area contributed by atoms with Gasteiger partial charge in [0.05, 0.1) is 0 Å². The van der Waals surface area contributed by atoms with Crippen molar-refractivity contribution in [1.82, 2.24) is 5.32 Å². The van der Waals surface area contributed by atoms with Crippen LogP contribution < -0.4 is 5.32 Å². The minimum atomic E-state index is -0.185. The first-order valence-corrected chi connectivity index (χ1v) is 7.33. The molecular weight excluding hydrogens is 289 g/mol. The van der Waals surface area contributed by atoms with Crippen LogP contribution in [-0.2, 0) is 6.54 Å². The highest BCUT2D eigenvalue weighted by atomic mass is 79.9. The number of hydrogen-bond acceptors (Lipinski definition) is 2. The van der Waals surface area contributed by atoms with Gasteiger partial charge in [-0.15, -0.1) is 0 Å². The summed E-state index contributed by atoms with van der Waals surface area (Å²) in [5.41, 5.74) is 0.966. The molecule has 0 fully saturated rings. The van der Waals surface area contributed by atoms with Crippen molar-refractivity contribution in [3.63, 3.8) is 0 Å². The molecule has 1 aromatic carbocycles. The summed E-state index contributed by atoms with van der Waals surface area (Å²) in [6.07, 6.45) is 0. The molecule has 0 aliphatic carbocycles. The zero-order chi connectivity index (χ0) is 12.0. The van der Waals surface area contributed by atoms with Crippen molar-refractivity contribution in [1.29, 1.82) is 0 Å². The summed E-state index contributed by atoms with van der Waals surface area (Å²) in [5.74, 6) is 2.04. The Labute approximate surface area is 109 Å². The van der Waals surface area contributed by atoms with Crippen LogP contribution in [0.15, 0.2) is 22.7 Å². The van der Waals surface area contributed by atoms with Crippen molar-refractivity contribution >= 4 is 27.7 Å². The molecule has 16 heavy (non-hydrogen) atoms. The molecule has 0 saturated carbocycles. The summed E-state index contributed by atoms with van der Waals surface area (Å²) in [6, 6.07) is 5.22. The van der Waals surface area contributed by atoms with Crippen LogP contribution in [0, 0.1) is 5.82 Å². The minimum Gasteiger partial charge on any atom is -0.309 e. The number of hydrogen-bond donors (Lipinski definition) is 1. The Morgan fingerprint density at radius 2 is 2.25 bits per heavy atom. The Morgan fingerprint density at radius 1 is 1.50 bits per heavy atom. The van der Waals surface area contributed by atoms with Crippen LogP contribution in [0.5, 0.6) is 0 Å². The average Bonchev–Trinajstić information content (AvgIpc) is 2.27. The molecule has 1 N–H and O–H groups in total. The zero-order valence-electron chi connectivity index (χ0n) is 9.59. The molecule has 0 heterocycles. The molecule has 0 aliphatic heterocycles. The van der Waals surface area contributed by atoms with Crippen molar-refractivity contribution in [2.24, 2.45) is 0 Å². The molecule has 0 bridgehead atoms. The second-order valence-corrected chi connectivity index (χ2v) is 5.85. The van der Waals surface area contributed by atoms with Gasteiger partial charge in [-0.2, -0.15) is 11.8 Å². The van der Waals surface area contributed by atoms with Gasteiger partial charge in [0, 0.05) is 22.8 Å². The molecule has 0 spiro atoms. The van der Waals surface area contributed by atoms with Gasteiger partial charge < -0.3 is 5.32 Å². The monoisotopic (exact) mass is 305 g/mol. The Hall–Kier alpha value is -0.0600. The minimum absolute atomic E-state index is 0.185. The van der Waals surface area contributed by atoms with E-state index in [0.29, 0.717) is 12.6 Å². The van der Waals surface area contributed by atoms with E-state index in [2.05, 4.69) is 35.1 Å². The van der Waals surface area contributed by atoms with Crippen LogP contribution in [0.2, 0.25) is 0 Å². The first-order valence-electron chi connectivity index (χ1n) is 5.38. The summed E-state index contributed by atoms with van der Waals surface area (Å²) in [4.78, 5) is 0. The fourth-order valence-corrected chi connectivity index (χ4v) is 2.41. The molecule has 0 aromatic heterocycles. The molecule has 1 atom stereocenters. The highest BCUT2D eigenvalue weighted by Gasteiger charge is 2.04. The predicted octanol–water partition coefficient (Wildman–Crippen LogP) is 3.82. The lowest BCUT2D eigenvalue weighted by Gasteiger charge is -2.13. The Balaban J connectivity index is 2.44. The fourth-order valence-electron chi connectivity index (χ4n) is 1.32. The topological polar surface area (TPSA) is 12.0 Å². The van der Waals surface area contributed by atoms with Crippen molar-refractivity contribution in [3.05, 3.63) is 34.1 Å². The normalized spacial score (nSPS) is 12.8. The van der Waals surface area contributed by atoms with Gasteiger partial charge in [0.15, 0.2) is 0 Å². The number of nitrogens with one attached hydrogen (secondary N) is 1. The van der Waals surface area contributed by atoms with Gasteiger partial charge in [0.25, 0.3) is 0 Å². The lowest BCUT2D eigenvalue weighted by atomic mass is 10.2. The molecule has 0 amide bonds. The maximum Gasteiger partial charge on any atom is 0.123 e. The summed E-state index contributed by atoms with van der Waals surface area (Å²) < 4.78 is 14.0. The molecule has 4 heteroatoms. The molecule has 0 aliphatic rings. The number of halogens is 2. The molecule has 0 saturated heterocycles. The molecule has 90 valence electrons. The number of rotatable bonds is 6. The number of thioether (sulfide) groups is 1. The highest BCUT2D eigenvalue weighted by Crippen LogP contribution is 2.17. The third kappa shape index (κ3) is 4.85. The van der Waals surface area contributed by atoms with Gasteiger partial charge in [0.1, 0.15) is 5.82 Å². The van der Waals surface area contributed by atoms with Crippen molar-refractivity contribution < 1.29 is 4.39 Å². The van der Waals surface area contributed by atoms with E-state index in [4.69, 9.17) is 0 Å². The van der Waals surface area contributed by atoms with Crippen molar-refractivity contribution in [2.75, 3.05) is 11.5 Å². The molecule has 1 rings (SSSR count). The van der Waals surface area contributed by atoms with Crippen LogP contribution in [-0.4, -0.2) is 17.5 Å². The zero-order valence-corrected chi connectivity index (χ0v) is 12.0. The largest absolute Gasteiger partial charge is 0.309 e. The summed E-state index contributed by atoms with van der Waals surface area (Å²) in [6.45, 7) is 5.00. The van der Waals surface area contributed by atoms with Crippen LogP contribution in [0.3, 0.4) is 0 Å². The fraction of sp³-hybridized carbons (Fsp3) is 0.500. The van der Waals surface area contributed by atoms with E-state index < -0.39 is 0 Å². The van der Waals surface area contributed by atoms with Gasteiger partial charge in [-0.1, -0.05) is 22.9 Å². The summed E-state index contributed by atoms with van der Waals surface area (Å²) >= 11 is 5.33. The average molecular weight is 306 g/mol. The van der Waals surface area contributed by atoms with E-state index >= 15 is 0 Å². The van der Waals surface area contributed by atoms with Crippen molar-refractivity contribution in [2.45, 2.75) is 26.4 Å².